The molecule has 1 aliphatic rings. The van der Waals surface area contributed by atoms with Crippen molar-refractivity contribution >= 4 is 17.5 Å². The SMILES string of the molecule is Cc1cccc(N2CCN(c3cc(C)nc(NCc4ccccc4)n3)CC2)c1. The van der Waals surface area contributed by atoms with E-state index in [1.165, 1.54) is 16.8 Å². The Hall–Kier alpha value is -3.08. The summed E-state index contributed by atoms with van der Waals surface area (Å²) in [4.78, 5) is 14.1. The van der Waals surface area contributed by atoms with Gasteiger partial charge in [0.15, 0.2) is 0 Å². The van der Waals surface area contributed by atoms with Gasteiger partial charge >= 0.3 is 0 Å². The van der Waals surface area contributed by atoms with Gasteiger partial charge in [-0.2, -0.15) is 4.98 Å². The predicted octanol–water partition coefficient (Wildman–Crippen LogP) is 4.03. The molecule has 2 aromatic carbocycles. The number of anilines is 3. The lowest BCUT2D eigenvalue weighted by atomic mass is 10.2. The van der Waals surface area contributed by atoms with E-state index in [0.29, 0.717) is 5.95 Å². The van der Waals surface area contributed by atoms with E-state index < -0.39 is 0 Å². The zero-order chi connectivity index (χ0) is 19.3. The third-order valence-electron chi connectivity index (χ3n) is 5.10. The summed E-state index contributed by atoms with van der Waals surface area (Å²) in [6.07, 6.45) is 0. The van der Waals surface area contributed by atoms with E-state index in [1.807, 2.05) is 25.1 Å². The Morgan fingerprint density at radius 3 is 2.32 bits per heavy atom. The maximum atomic E-state index is 4.77. The molecule has 1 saturated heterocycles. The lowest BCUT2D eigenvalue weighted by molar-refractivity contribution is 0.646. The molecule has 0 atom stereocenters. The third-order valence-corrected chi connectivity index (χ3v) is 5.10. The normalized spacial score (nSPS) is 14.2. The number of nitrogens with one attached hydrogen (secondary N) is 1. The third kappa shape index (κ3) is 4.42. The Morgan fingerprint density at radius 2 is 1.57 bits per heavy atom. The Balaban J connectivity index is 1.41. The summed E-state index contributed by atoms with van der Waals surface area (Å²) in [7, 11) is 0. The van der Waals surface area contributed by atoms with E-state index in [9.17, 15) is 0 Å². The summed E-state index contributed by atoms with van der Waals surface area (Å²) < 4.78 is 0. The molecule has 0 radical (unpaired) electrons. The van der Waals surface area contributed by atoms with Crippen LogP contribution < -0.4 is 15.1 Å². The van der Waals surface area contributed by atoms with Gasteiger partial charge in [-0.05, 0) is 37.1 Å². The maximum Gasteiger partial charge on any atom is 0.225 e. The second kappa shape index (κ2) is 8.30. The van der Waals surface area contributed by atoms with Crippen LogP contribution in [0.2, 0.25) is 0 Å². The zero-order valence-corrected chi connectivity index (χ0v) is 16.6. The molecule has 1 aliphatic heterocycles. The van der Waals surface area contributed by atoms with Crippen LogP contribution in [0.1, 0.15) is 16.8 Å². The second-order valence-electron chi connectivity index (χ2n) is 7.34. The Kier molecular flexibility index (Phi) is 5.42. The van der Waals surface area contributed by atoms with Crippen molar-refractivity contribution in [3.8, 4) is 0 Å². The van der Waals surface area contributed by atoms with Gasteiger partial charge in [0.1, 0.15) is 5.82 Å². The van der Waals surface area contributed by atoms with Crippen molar-refractivity contribution in [2.45, 2.75) is 20.4 Å². The second-order valence-corrected chi connectivity index (χ2v) is 7.34. The first-order valence-corrected chi connectivity index (χ1v) is 9.87. The summed E-state index contributed by atoms with van der Waals surface area (Å²) >= 11 is 0. The van der Waals surface area contributed by atoms with Gasteiger partial charge in [-0.15, -0.1) is 0 Å². The number of hydrogen-bond acceptors (Lipinski definition) is 5. The van der Waals surface area contributed by atoms with Crippen LogP contribution in [0, 0.1) is 13.8 Å². The molecule has 28 heavy (non-hydrogen) atoms. The molecule has 0 aliphatic carbocycles. The van der Waals surface area contributed by atoms with Crippen molar-refractivity contribution in [3.05, 3.63) is 77.5 Å². The van der Waals surface area contributed by atoms with Crippen molar-refractivity contribution in [1.82, 2.24) is 9.97 Å². The van der Waals surface area contributed by atoms with Gasteiger partial charge in [-0.1, -0.05) is 42.5 Å². The molecular formula is C23H27N5. The van der Waals surface area contributed by atoms with Crippen molar-refractivity contribution in [3.63, 3.8) is 0 Å². The van der Waals surface area contributed by atoms with Crippen LogP contribution in [0.15, 0.2) is 60.7 Å². The molecule has 4 rings (SSSR count). The topological polar surface area (TPSA) is 44.3 Å². The average molecular weight is 374 g/mol. The molecule has 1 fully saturated rings. The molecule has 0 spiro atoms. The number of hydrogen-bond donors (Lipinski definition) is 1. The van der Waals surface area contributed by atoms with Crippen LogP contribution >= 0.6 is 0 Å². The van der Waals surface area contributed by atoms with Crippen LogP contribution in [0.5, 0.6) is 0 Å². The molecular weight excluding hydrogens is 346 g/mol. The Bertz CT molecular complexity index is 917. The molecule has 2 heterocycles. The smallest absolute Gasteiger partial charge is 0.225 e. The summed E-state index contributed by atoms with van der Waals surface area (Å²) in [6.45, 7) is 8.82. The highest BCUT2D eigenvalue weighted by atomic mass is 15.3. The van der Waals surface area contributed by atoms with Crippen molar-refractivity contribution in [2.24, 2.45) is 0 Å². The van der Waals surface area contributed by atoms with Gasteiger partial charge in [-0.25, -0.2) is 4.98 Å². The van der Waals surface area contributed by atoms with Gasteiger partial charge in [0, 0.05) is 50.2 Å². The summed E-state index contributed by atoms with van der Waals surface area (Å²) in [6, 6.07) is 21.2. The van der Waals surface area contributed by atoms with E-state index in [0.717, 1.165) is 44.2 Å². The van der Waals surface area contributed by atoms with Gasteiger partial charge in [0.25, 0.3) is 0 Å². The fraction of sp³-hybridized carbons (Fsp3) is 0.304. The first-order chi connectivity index (χ1) is 13.7. The first-order valence-electron chi connectivity index (χ1n) is 9.87. The molecule has 0 amide bonds. The number of piperazine rings is 1. The summed E-state index contributed by atoms with van der Waals surface area (Å²) in [5, 5.41) is 3.36. The number of nitrogens with zero attached hydrogens (tertiary/aromatic N) is 4. The fourth-order valence-corrected chi connectivity index (χ4v) is 3.59. The lowest BCUT2D eigenvalue weighted by Crippen LogP contribution is -2.47. The van der Waals surface area contributed by atoms with Gasteiger partial charge in [0.2, 0.25) is 5.95 Å². The van der Waals surface area contributed by atoms with Crippen LogP contribution in [0.4, 0.5) is 17.5 Å². The number of aryl methyl sites for hydroxylation is 2. The summed E-state index contributed by atoms with van der Waals surface area (Å²) in [5.41, 5.74) is 4.83. The molecule has 1 aromatic heterocycles. The first kappa shape index (κ1) is 18.3. The molecule has 0 unspecified atom stereocenters. The molecule has 5 heteroatoms. The zero-order valence-electron chi connectivity index (χ0n) is 16.6. The molecule has 3 aromatic rings. The van der Waals surface area contributed by atoms with E-state index in [1.54, 1.807) is 0 Å². The van der Waals surface area contributed by atoms with Gasteiger partial charge in [0.05, 0.1) is 0 Å². The molecule has 5 nitrogen and oxygen atoms in total. The minimum atomic E-state index is 0.694. The van der Waals surface area contributed by atoms with E-state index in [2.05, 4.69) is 69.5 Å². The van der Waals surface area contributed by atoms with E-state index in [4.69, 9.17) is 4.98 Å². The molecule has 1 N–H and O–H groups in total. The maximum absolute atomic E-state index is 4.77. The quantitative estimate of drug-likeness (QED) is 0.731. The van der Waals surface area contributed by atoms with Crippen LogP contribution in [0.3, 0.4) is 0 Å². The number of aromatic nitrogens is 2. The minimum absolute atomic E-state index is 0.694. The largest absolute Gasteiger partial charge is 0.368 e. The van der Waals surface area contributed by atoms with Crippen LogP contribution in [0.25, 0.3) is 0 Å². The average Bonchev–Trinajstić information content (AvgIpc) is 2.73. The van der Waals surface area contributed by atoms with Gasteiger partial charge < -0.3 is 15.1 Å². The highest BCUT2D eigenvalue weighted by molar-refractivity contribution is 5.52. The number of rotatable bonds is 5. The fourth-order valence-electron chi connectivity index (χ4n) is 3.59. The van der Waals surface area contributed by atoms with Gasteiger partial charge in [-0.3, -0.25) is 0 Å². The highest BCUT2D eigenvalue weighted by Gasteiger charge is 2.19. The number of benzene rings is 2. The summed E-state index contributed by atoms with van der Waals surface area (Å²) in [5.74, 6) is 1.70. The lowest BCUT2D eigenvalue weighted by Gasteiger charge is -2.37. The van der Waals surface area contributed by atoms with Crippen molar-refractivity contribution in [1.29, 1.82) is 0 Å². The van der Waals surface area contributed by atoms with Crippen molar-refractivity contribution in [2.75, 3.05) is 41.3 Å². The van der Waals surface area contributed by atoms with Crippen molar-refractivity contribution < 1.29 is 0 Å². The van der Waals surface area contributed by atoms with Crippen LogP contribution in [-0.2, 0) is 6.54 Å². The highest BCUT2D eigenvalue weighted by Crippen LogP contribution is 2.21. The molecule has 0 bridgehead atoms. The minimum Gasteiger partial charge on any atom is -0.368 e. The van der Waals surface area contributed by atoms with E-state index >= 15 is 0 Å². The Morgan fingerprint density at radius 1 is 0.821 bits per heavy atom. The Labute approximate surface area is 167 Å². The van der Waals surface area contributed by atoms with Crippen LogP contribution in [-0.4, -0.2) is 36.1 Å². The molecule has 144 valence electrons. The molecule has 0 saturated carbocycles. The standard InChI is InChI=1S/C23H27N5/c1-18-7-6-10-21(15-18)27-11-13-28(14-12-27)22-16-19(2)25-23(26-22)24-17-20-8-4-3-5-9-20/h3-10,15-16H,11-14,17H2,1-2H3,(H,24,25,26). The predicted molar refractivity (Wildman–Crippen MR) is 116 cm³/mol. The van der Waals surface area contributed by atoms with E-state index in [-0.39, 0.29) is 0 Å². The monoisotopic (exact) mass is 373 g/mol.